The highest BCUT2D eigenvalue weighted by molar-refractivity contribution is 5.78. The molecule has 106 valence electrons. The minimum absolute atomic E-state index is 0.00807. The highest BCUT2D eigenvalue weighted by atomic mass is 16.5. The zero-order chi connectivity index (χ0) is 14.2. The molecule has 1 N–H and O–H groups in total. The number of benzene rings is 1. The molecule has 0 atom stereocenters. The number of carbonyl (C=O) groups is 1. The average Bonchev–Trinajstić information content (AvgIpc) is 2.93. The minimum atomic E-state index is 0.00807. The van der Waals surface area contributed by atoms with Crippen LogP contribution >= 0.6 is 0 Å². The number of nitrogens with zero attached hydrogens (tertiary/aromatic N) is 2. The lowest BCUT2D eigenvalue weighted by Gasteiger charge is -2.03. The summed E-state index contributed by atoms with van der Waals surface area (Å²) in [6, 6.07) is 9.82. The van der Waals surface area contributed by atoms with Crippen molar-refractivity contribution in [3.05, 3.63) is 48.3 Å². The number of hydrogen-bond acceptors (Lipinski definition) is 3. The lowest BCUT2D eigenvalue weighted by Crippen LogP contribution is -2.26. The summed E-state index contributed by atoms with van der Waals surface area (Å²) in [5, 5.41) is 7.12. The molecule has 5 heteroatoms. The van der Waals surface area contributed by atoms with Crippen molar-refractivity contribution in [1.29, 1.82) is 0 Å². The Kier molecular flexibility index (Phi) is 5.32. The van der Waals surface area contributed by atoms with Crippen LogP contribution in [0.1, 0.15) is 12.0 Å². The molecule has 0 spiro atoms. The molecule has 0 radical (unpaired) electrons. The first-order valence-electron chi connectivity index (χ1n) is 6.64. The molecule has 5 nitrogen and oxygen atoms in total. The van der Waals surface area contributed by atoms with Crippen molar-refractivity contribution in [1.82, 2.24) is 15.1 Å². The Bertz CT molecular complexity index is 537. The summed E-state index contributed by atoms with van der Waals surface area (Å²) >= 11 is 0. The van der Waals surface area contributed by atoms with Crippen LogP contribution in [-0.2, 0) is 16.0 Å². The molecule has 0 bridgehead atoms. The molecule has 0 aliphatic rings. The van der Waals surface area contributed by atoms with Crippen LogP contribution in [0.3, 0.4) is 0 Å². The smallest absolute Gasteiger partial charge is 0.224 e. The molecule has 0 aliphatic heterocycles. The van der Waals surface area contributed by atoms with E-state index in [4.69, 9.17) is 4.74 Å². The fraction of sp³-hybridized carbons (Fsp3) is 0.333. The maximum atomic E-state index is 11.7. The van der Waals surface area contributed by atoms with E-state index < -0.39 is 0 Å². The summed E-state index contributed by atoms with van der Waals surface area (Å²) in [6.07, 6.45) is 4.77. The second kappa shape index (κ2) is 7.45. The molecule has 1 aromatic carbocycles. The topological polar surface area (TPSA) is 56.1 Å². The Labute approximate surface area is 118 Å². The van der Waals surface area contributed by atoms with E-state index in [1.54, 1.807) is 18.0 Å². The van der Waals surface area contributed by atoms with Crippen LogP contribution in [0.4, 0.5) is 0 Å². The molecule has 0 aliphatic carbocycles. The van der Waals surface area contributed by atoms with Gasteiger partial charge in [-0.3, -0.25) is 4.79 Å². The van der Waals surface area contributed by atoms with Gasteiger partial charge in [0.2, 0.25) is 5.91 Å². The first-order valence-corrected chi connectivity index (χ1v) is 6.64. The zero-order valence-electron chi connectivity index (χ0n) is 11.6. The quantitative estimate of drug-likeness (QED) is 0.779. The summed E-state index contributed by atoms with van der Waals surface area (Å²) in [4.78, 5) is 11.7. The molecule has 2 rings (SSSR count). The van der Waals surface area contributed by atoms with E-state index in [0.717, 1.165) is 17.7 Å². The van der Waals surface area contributed by atoms with Crippen LogP contribution in [0.2, 0.25) is 0 Å². The van der Waals surface area contributed by atoms with Gasteiger partial charge in [-0.15, -0.1) is 0 Å². The van der Waals surface area contributed by atoms with E-state index in [2.05, 4.69) is 10.4 Å². The minimum Gasteiger partial charge on any atom is -0.385 e. The van der Waals surface area contributed by atoms with Crippen LogP contribution < -0.4 is 5.32 Å². The fourth-order valence-electron chi connectivity index (χ4n) is 1.87. The van der Waals surface area contributed by atoms with Crippen LogP contribution in [0.15, 0.2) is 42.7 Å². The fourth-order valence-corrected chi connectivity index (χ4v) is 1.87. The molecule has 0 unspecified atom stereocenters. The van der Waals surface area contributed by atoms with Crippen molar-refractivity contribution in [2.45, 2.75) is 12.8 Å². The van der Waals surface area contributed by atoms with E-state index in [-0.39, 0.29) is 5.91 Å². The van der Waals surface area contributed by atoms with Gasteiger partial charge in [0.25, 0.3) is 0 Å². The van der Waals surface area contributed by atoms with Gasteiger partial charge in [-0.05, 0) is 24.1 Å². The maximum Gasteiger partial charge on any atom is 0.224 e. The molecule has 0 saturated carbocycles. The van der Waals surface area contributed by atoms with Crippen molar-refractivity contribution in [2.75, 3.05) is 20.3 Å². The van der Waals surface area contributed by atoms with Crippen molar-refractivity contribution >= 4 is 5.91 Å². The van der Waals surface area contributed by atoms with Crippen molar-refractivity contribution in [3.63, 3.8) is 0 Å². The monoisotopic (exact) mass is 273 g/mol. The molecule has 1 amide bonds. The maximum absolute atomic E-state index is 11.7. The van der Waals surface area contributed by atoms with Gasteiger partial charge in [-0.2, -0.15) is 5.10 Å². The Morgan fingerprint density at radius 3 is 2.90 bits per heavy atom. The molecule has 1 aromatic heterocycles. The molecule has 0 saturated heterocycles. The van der Waals surface area contributed by atoms with E-state index in [9.17, 15) is 4.79 Å². The van der Waals surface area contributed by atoms with E-state index in [0.29, 0.717) is 19.6 Å². The predicted octanol–water partition coefficient (Wildman–Crippen LogP) is 1.57. The van der Waals surface area contributed by atoms with Gasteiger partial charge in [0, 0.05) is 26.5 Å². The van der Waals surface area contributed by atoms with Gasteiger partial charge in [-0.25, -0.2) is 4.68 Å². The summed E-state index contributed by atoms with van der Waals surface area (Å²) in [7, 11) is 1.65. The molecule has 1 heterocycles. The molecular weight excluding hydrogens is 254 g/mol. The van der Waals surface area contributed by atoms with Crippen LogP contribution in [-0.4, -0.2) is 35.9 Å². The second-order valence-electron chi connectivity index (χ2n) is 4.50. The summed E-state index contributed by atoms with van der Waals surface area (Å²) in [6.45, 7) is 1.30. The highest BCUT2D eigenvalue weighted by Gasteiger charge is 2.06. The first-order chi connectivity index (χ1) is 9.79. The van der Waals surface area contributed by atoms with Crippen LogP contribution in [0.5, 0.6) is 0 Å². The standard InChI is InChI=1S/C15H19N3O2/c1-20-9-5-8-16-15(19)10-13-11-17-18(12-13)14-6-3-2-4-7-14/h2-4,6-7,11-12H,5,8-10H2,1H3,(H,16,19). The first kappa shape index (κ1) is 14.3. The summed E-state index contributed by atoms with van der Waals surface area (Å²) in [5.41, 5.74) is 1.89. The Morgan fingerprint density at radius 2 is 2.15 bits per heavy atom. The van der Waals surface area contributed by atoms with Crippen LogP contribution in [0, 0.1) is 0 Å². The predicted molar refractivity (Wildman–Crippen MR) is 76.8 cm³/mol. The van der Waals surface area contributed by atoms with Gasteiger partial charge >= 0.3 is 0 Å². The largest absolute Gasteiger partial charge is 0.385 e. The second-order valence-corrected chi connectivity index (χ2v) is 4.50. The van der Waals surface area contributed by atoms with Gasteiger partial charge in [0.15, 0.2) is 0 Å². The normalized spacial score (nSPS) is 10.4. The number of amides is 1. The average molecular weight is 273 g/mol. The lowest BCUT2D eigenvalue weighted by atomic mass is 10.2. The lowest BCUT2D eigenvalue weighted by molar-refractivity contribution is -0.120. The molecule has 20 heavy (non-hydrogen) atoms. The van der Waals surface area contributed by atoms with E-state index in [1.807, 2.05) is 36.5 Å². The number of hydrogen-bond donors (Lipinski definition) is 1. The zero-order valence-corrected chi connectivity index (χ0v) is 11.6. The number of rotatable bonds is 7. The molecule has 2 aromatic rings. The SMILES string of the molecule is COCCCNC(=O)Cc1cnn(-c2ccccc2)c1. The van der Waals surface area contributed by atoms with Crippen LogP contribution in [0.25, 0.3) is 5.69 Å². The van der Waals surface area contributed by atoms with Crippen molar-refractivity contribution in [3.8, 4) is 5.69 Å². The number of carbonyl (C=O) groups excluding carboxylic acids is 1. The third-order valence-corrected chi connectivity index (χ3v) is 2.87. The Balaban J connectivity index is 1.85. The highest BCUT2D eigenvalue weighted by Crippen LogP contribution is 2.07. The Morgan fingerprint density at radius 1 is 1.35 bits per heavy atom. The van der Waals surface area contributed by atoms with Gasteiger partial charge in [0.05, 0.1) is 18.3 Å². The van der Waals surface area contributed by atoms with Gasteiger partial charge < -0.3 is 10.1 Å². The molecular formula is C15H19N3O2. The molecule has 0 fully saturated rings. The summed E-state index contributed by atoms with van der Waals surface area (Å²) in [5.74, 6) is 0.00807. The number of nitrogens with one attached hydrogen (secondary N) is 1. The van der Waals surface area contributed by atoms with Gasteiger partial charge in [-0.1, -0.05) is 18.2 Å². The Hall–Kier alpha value is -2.14. The van der Waals surface area contributed by atoms with E-state index in [1.165, 1.54) is 0 Å². The number of para-hydroxylation sites is 1. The number of aromatic nitrogens is 2. The summed E-state index contributed by atoms with van der Waals surface area (Å²) < 4.78 is 6.70. The van der Waals surface area contributed by atoms with E-state index >= 15 is 0 Å². The third-order valence-electron chi connectivity index (χ3n) is 2.87. The van der Waals surface area contributed by atoms with Crippen molar-refractivity contribution in [2.24, 2.45) is 0 Å². The van der Waals surface area contributed by atoms with Crippen molar-refractivity contribution < 1.29 is 9.53 Å². The van der Waals surface area contributed by atoms with Gasteiger partial charge in [0.1, 0.15) is 0 Å². The number of methoxy groups -OCH3 is 1. The number of ether oxygens (including phenoxy) is 1. The third kappa shape index (κ3) is 4.20.